The van der Waals surface area contributed by atoms with Gasteiger partial charge in [0.05, 0.1) is 6.04 Å². The number of rotatable bonds is 7. The zero-order chi connectivity index (χ0) is 11.8. The summed E-state index contributed by atoms with van der Waals surface area (Å²) >= 11 is 0. The molecule has 3 unspecified atom stereocenters. The molecular formula is C11H22N2O2. The molecule has 15 heavy (non-hydrogen) atoms. The van der Waals surface area contributed by atoms with E-state index in [4.69, 9.17) is 5.73 Å². The predicted molar refractivity (Wildman–Crippen MR) is 61.2 cm³/mol. The van der Waals surface area contributed by atoms with Crippen LogP contribution in [0.2, 0.25) is 0 Å². The Morgan fingerprint density at radius 3 is 2.40 bits per heavy atom. The molecule has 0 spiro atoms. The van der Waals surface area contributed by atoms with E-state index in [9.17, 15) is 9.90 Å². The number of carbonyl (C=O) groups excluding carboxylic acids is 1. The zero-order valence-electron chi connectivity index (χ0n) is 9.68. The fourth-order valence-electron chi connectivity index (χ4n) is 1.10. The largest absolute Gasteiger partial charge is 0.378 e. The van der Waals surface area contributed by atoms with Crippen molar-refractivity contribution in [2.45, 2.75) is 45.5 Å². The number of nitrogens with one attached hydrogen (secondary N) is 1. The summed E-state index contributed by atoms with van der Waals surface area (Å²) in [5.41, 5.74) is 5.51. The molecule has 0 saturated heterocycles. The third kappa shape index (κ3) is 7.25. The van der Waals surface area contributed by atoms with Crippen molar-refractivity contribution < 1.29 is 9.90 Å². The average Bonchev–Trinajstić information content (AvgIpc) is 2.13. The van der Waals surface area contributed by atoms with Crippen molar-refractivity contribution in [1.29, 1.82) is 0 Å². The molecule has 0 heterocycles. The maximum atomic E-state index is 10.7. The van der Waals surface area contributed by atoms with Gasteiger partial charge in [0.1, 0.15) is 12.5 Å². The van der Waals surface area contributed by atoms with Gasteiger partial charge in [0.25, 0.3) is 0 Å². The van der Waals surface area contributed by atoms with Crippen LogP contribution in [-0.4, -0.2) is 29.7 Å². The Labute approximate surface area is 91.5 Å². The summed E-state index contributed by atoms with van der Waals surface area (Å²) < 4.78 is 0. The number of aliphatic hydroxyl groups is 1. The lowest BCUT2D eigenvalue weighted by atomic mass is 10.1. The van der Waals surface area contributed by atoms with Gasteiger partial charge in [-0.1, -0.05) is 26.0 Å². The van der Waals surface area contributed by atoms with Crippen LogP contribution in [0.3, 0.4) is 0 Å². The van der Waals surface area contributed by atoms with Gasteiger partial charge in [-0.3, -0.25) is 5.32 Å². The molecule has 0 aromatic heterocycles. The Morgan fingerprint density at radius 1 is 1.40 bits per heavy atom. The Bertz CT molecular complexity index is 203. The van der Waals surface area contributed by atoms with Gasteiger partial charge in [-0.15, -0.1) is 0 Å². The highest BCUT2D eigenvalue weighted by atomic mass is 16.3. The minimum Gasteiger partial charge on any atom is -0.378 e. The molecule has 0 aromatic rings. The van der Waals surface area contributed by atoms with Gasteiger partial charge < -0.3 is 15.6 Å². The molecular weight excluding hydrogens is 192 g/mol. The molecule has 0 saturated carbocycles. The fourth-order valence-corrected chi connectivity index (χ4v) is 1.10. The van der Waals surface area contributed by atoms with Crippen LogP contribution in [0.4, 0.5) is 0 Å². The summed E-state index contributed by atoms with van der Waals surface area (Å²) in [6.45, 7) is 5.71. The standard InChI is InChI=1S/C11H22N2O2/c1-8(2)10(7-14)13-11(15)6-4-5-9(3)12/h4-5,7-11,13,15H,6,12H2,1-3H3/b5-4+. The van der Waals surface area contributed by atoms with Crippen LogP contribution in [0.25, 0.3) is 0 Å². The van der Waals surface area contributed by atoms with Crippen LogP contribution in [0.5, 0.6) is 0 Å². The summed E-state index contributed by atoms with van der Waals surface area (Å²) in [6.07, 6.45) is 4.21. The number of nitrogens with two attached hydrogens (primary N) is 1. The molecule has 4 nitrogen and oxygen atoms in total. The first kappa shape index (κ1) is 14.3. The molecule has 0 fully saturated rings. The molecule has 0 amide bonds. The number of hydrogen-bond acceptors (Lipinski definition) is 4. The van der Waals surface area contributed by atoms with E-state index in [1.165, 1.54) is 0 Å². The van der Waals surface area contributed by atoms with E-state index in [0.29, 0.717) is 6.42 Å². The maximum Gasteiger partial charge on any atom is 0.137 e. The van der Waals surface area contributed by atoms with E-state index < -0.39 is 6.23 Å². The van der Waals surface area contributed by atoms with Crippen LogP contribution in [0.15, 0.2) is 12.2 Å². The topological polar surface area (TPSA) is 75.3 Å². The van der Waals surface area contributed by atoms with E-state index in [2.05, 4.69) is 5.32 Å². The van der Waals surface area contributed by atoms with Gasteiger partial charge in [0, 0.05) is 12.5 Å². The SMILES string of the molecule is CC(N)/C=C/CC(O)NC(C=O)C(C)C. The Hall–Kier alpha value is -0.710. The molecule has 4 N–H and O–H groups in total. The average molecular weight is 214 g/mol. The number of aldehydes is 1. The molecule has 88 valence electrons. The first-order valence-corrected chi connectivity index (χ1v) is 5.29. The minimum absolute atomic E-state index is 0.0100. The highest BCUT2D eigenvalue weighted by molar-refractivity contribution is 5.57. The third-order valence-electron chi connectivity index (χ3n) is 2.05. The van der Waals surface area contributed by atoms with Gasteiger partial charge in [-0.2, -0.15) is 0 Å². The molecule has 0 aliphatic carbocycles. The van der Waals surface area contributed by atoms with E-state index in [1.54, 1.807) is 0 Å². The van der Waals surface area contributed by atoms with Gasteiger partial charge >= 0.3 is 0 Å². The molecule has 0 aliphatic heterocycles. The Balaban J connectivity index is 3.91. The van der Waals surface area contributed by atoms with Crippen molar-refractivity contribution in [3.05, 3.63) is 12.2 Å². The number of carbonyl (C=O) groups is 1. The third-order valence-corrected chi connectivity index (χ3v) is 2.05. The van der Waals surface area contributed by atoms with Crippen LogP contribution in [-0.2, 0) is 4.79 Å². The van der Waals surface area contributed by atoms with E-state index in [-0.39, 0.29) is 18.0 Å². The van der Waals surface area contributed by atoms with Gasteiger partial charge in [-0.25, -0.2) is 0 Å². The quantitative estimate of drug-likeness (QED) is 0.326. The maximum absolute atomic E-state index is 10.7. The first-order valence-electron chi connectivity index (χ1n) is 5.29. The summed E-state index contributed by atoms with van der Waals surface area (Å²) in [5.74, 6) is 0.176. The smallest absolute Gasteiger partial charge is 0.137 e. The van der Waals surface area contributed by atoms with Crippen molar-refractivity contribution in [1.82, 2.24) is 5.32 Å². The van der Waals surface area contributed by atoms with Crippen LogP contribution in [0, 0.1) is 5.92 Å². The van der Waals surface area contributed by atoms with E-state index >= 15 is 0 Å². The molecule has 4 heteroatoms. The van der Waals surface area contributed by atoms with Crippen molar-refractivity contribution in [2.24, 2.45) is 11.7 Å². The lowest BCUT2D eigenvalue weighted by molar-refractivity contribution is -0.111. The van der Waals surface area contributed by atoms with Crippen molar-refractivity contribution in [3.8, 4) is 0 Å². The first-order chi connectivity index (χ1) is 6.97. The molecule has 0 aromatic carbocycles. The lowest BCUT2D eigenvalue weighted by Crippen LogP contribution is -2.42. The summed E-state index contributed by atoms with van der Waals surface area (Å²) in [7, 11) is 0. The van der Waals surface area contributed by atoms with Crippen molar-refractivity contribution in [2.75, 3.05) is 0 Å². The van der Waals surface area contributed by atoms with Crippen LogP contribution >= 0.6 is 0 Å². The van der Waals surface area contributed by atoms with Crippen LogP contribution < -0.4 is 11.1 Å². The second-order valence-electron chi connectivity index (χ2n) is 4.11. The second kappa shape index (κ2) is 7.56. The van der Waals surface area contributed by atoms with Crippen molar-refractivity contribution in [3.63, 3.8) is 0 Å². The number of hydrogen-bond donors (Lipinski definition) is 3. The molecule has 3 atom stereocenters. The predicted octanol–water partition coefficient (Wildman–Crippen LogP) is 0.411. The second-order valence-corrected chi connectivity index (χ2v) is 4.11. The van der Waals surface area contributed by atoms with Gasteiger partial charge in [-0.05, 0) is 12.8 Å². The highest BCUT2D eigenvalue weighted by Crippen LogP contribution is 2.01. The monoisotopic (exact) mass is 214 g/mol. The minimum atomic E-state index is -0.697. The Morgan fingerprint density at radius 2 is 2.00 bits per heavy atom. The van der Waals surface area contributed by atoms with Gasteiger partial charge in [0.2, 0.25) is 0 Å². The molecule has 0 aliphatic rings. The number of aliphatic hydroxyl groups excluding tert-OH is 1. The van der Waals surface area contributed by atoms with Gasteiger partial charge in [0.15, 0.2) is 0 Å². The highest BCUT2D eigenvalue weighted by Gasteiger charge is 2.14. The molecule has 0 rings (SSSR count). The van der Waals surface area contributed by atoms with E-state index in [0.717, 1.165) is 6.29 Å². The molecule has 0 bridgehead atoms. The van der Waals surface area contributed by atoms with E-state index in [1.807, 2.05) is 32.9 Å². The Kier molecular flexibility index (Phi) is 7.21. The molecule has 0 radical (unpaired) electrons. The zero-order valence-corrected chi connectivity index (χ0v) is 9.68. The summed E-state index contributed by atoms with van der Waals surface area (Å²) in [5, 5.41) is 12.4. The van der Waals surface area contributed by atoms with Crippen molar-refractivity contribution >= 4 is 6.29 Å². The van der Waals surface area contributed by atoms with Crippen LogP contribution in [0.1, 0.15) is 27.2 Å². The summed E-state index contributed by atoms with van der Waals surface area (Å²) in [4.78, 5) is 10.7. The summed E-state index contributed by atoms with van der Waals surface area (Å²) in [6, 6.07) is -0.312. The normalized spacial score (nSPS) is 18.0. The lowest BCUT2D eigenvalue weighted by Gasteiger charge is -2.19. The fraction of sp³-hybridized carbons (Fsp3) is 0.727.